The fourth-order valence-corrected chi connectivity index (χ4v) is 3.94. The van der Waals surface area contributed by atoms with Crippen molar-refractivity contribution in [2.24, 2.45) is 17.8 Å². The van der Waals surface area contributed by atoms with E-state index in [1.54, 1.807) is 0 Å². The summed E-state index contributed by atoms with van der Waals surface area (Å²) in [5.41, 5.74) is 1.12. The average molecular weight is 260 g/mol. The van der Waals surface area contributed by atoms with E-state index >= 15 is 0 Å². The Labute approximate surface area is 115 Å². The molecule has 0 aliphatic heterocycles. The first-order valence-electron chi connectivity index (χ1n) is 7.45. The van der Waals surface area contributed by atoms with Gasteiger partial charge in [0.2, 0.25) is 5.95 Å². The van der Waals surface area contributed by atoms with Crippen LogP contribution in [0.4, 0.5) is 11.8 Å². The van der Waals surface area contributed by atoms with E-state index in [-0.39, 0.29) is 0 Å². The molecular weight excluding hydrogens is 236 g/mol. The molecule has 19 heavy (non-hydrogen) atoms. The number of hydrogen-bond donors (Lipinski definition) is 2. The Hall–Kier alpha value is -1.32. The lowest BCUT2D eigenvalue weighted by molar-refractivity contribution is 0.304. The summed E-state index contributed by atoms with van der Waals surface area (Å²) in [4.78, 5) is 8.77. The van der Waals surface area contributed by atoms with Crippen molar-refractivity contribution in [3.05, 3.63) is 11.8 Å². The smallest absolute Gasteiger partial charge is 0.224 e. The van der Waals surface area contributed by atoms with Crippen molar-refractivity contribution in [2.75, 3.05) is 17.7 Å². The maximum absolute atomic E-state index is 4.53. The molecule has 4 atom stereocenters. The Kier molecular flexibility index (Phi) is 3.33. The first kappa shape index (κ1) is 12.7. The van der Waals surface area contributed by atoms with Gasteiger partial charge in [0.05, 0.1) is 0 Å². The third-order valence-electron chi connectivity index (χ3n) is 4.99. The molecular formula is C15H24N4. The molecule has 2 N–H and O–H groups in total. The van der Waals surface area contributed by atoms with Gasteiger partial charge in [-0.2, -0.15) is 4.98 Å². The maximum Gasteiger partial charge on any atom is 0.224 e. The van der Waals surface area contributed by atoms with Crippen molar-refractivity contribution < 1.29 is 0 Å². The highest BCUT2D eigenvalue weighted by Crippen LogP contribution is 2.49. The SMILES string of the molecule is CNc1ncc(C)c(NC(C)C2CC3CCC2C3)n1. The summed E-state index contributed by atoms with van der Waals surface area (Å²) in [7, 11) is 1.85. The lowest BCUT2D eigenvalue weighted by atomic mass is 9.84. The lowest BCUT2D eigenvalue weighted by Gasteiger charge is -2.29. The third kappa shape index (κ3) is 2.40. The van der Waals surface area contributed by atoms with Gasteiger partial charge >= 0.3 is 0 Å². The second-order valence-corrected chi connectivity index (χ2v) is 6.25. The van der Waals surface area contributed by atoms with Gasteiger partial charge in [0, 0.05) is 24.8 Å². The van der Waals surface area contributed by atoms with E-state index in [4.69, 9.17) is 0 Å². The molecule has 2 bridgehead atoms. The topological polar surface area (TPSA) is 49.8 Å². The monoisotopic (exact) mass is 260 g/mol. The fraction of sp³-hybridized carbons (Fsp3) is 0.733. The number of nitrogens with zero attached hydrogens (tertiary/aromatic N) is 2. The highest BCUT2D eigenvalue weighted by Gasteiger charge is 2.41. The van der Waals surface area contributed by atoms with Gasteiger partial charge in [-0.05, 0) is 50.9 Å². The molecule has 0 aromatic carbocycles. The predicted octanol–water partition coefficient (Wildman–Crippen LogP) is 3.06. The fourth-order valence-electron chi connectivity index (χ4n) is 3.94. The molecule has 1 aromatic rings. The molecule has 2 saturated carbocycles. The van der Waals surface area contributed by atoms with Crippen molar-refractivity contribution in [3.63, 3.8) is 0 Å². The van der Waals surface area contributed by atoms with E-state index in [0.717, 1.165) is 29.1 Å². The van der Waals surface area contributed by atoms with E-state index in [1.165, 1.54) is 25.7 Å². The summed E-state index contributed by atoms with van der Waals surface area (Å²) in [5, 5.41) is 6.62. The van der Waals surface area contributed by atoms with Crippen LogP contribution in [0.15, 0.2) is 6.20 Å². The van der Waals surface area contributed by atoms with Gasteiger partial charge in [0.15, 0.2) is 0 Å². The van der Waals surface area contributed by atoms with Gasteiger partial charge in [0.1, 0.15) is 5.82 Å². The van der Waals surface area contributed by atoms with Gasteiger partial charge in [-0.25, -0.2) is 4.98 Å². The predicted molar refractivity (Wildman–Crippen MR) is 78.3 cm³/mol. The number of fused-ring (bicyclic) bond motifs is 2. The van der Waals surface area contributed by atoms with Crippen LogP contribution >= 0.6 is 0 Å². The summed E-state index contributed by atoms with van der Waals surface area (Å²) in [6.45, 7) is 4.38. The highest BCUT2D eigenvalue weighted by molar-refractivity contribution is 5.47. The average Bonchev–Trinajstić information content (AvgIpc) is 3.03. The lowest BCUT2D eigenvalue weighted by Crippen LogP contribution is -2.30. The Bertz CT molecular complexity index is 459. The Morgan fingerprint density at radius 3 is 2.79 bits per heavy atom. The van der Waals surface area contributed by atoms with Crippen LogP contribution in [0.25, 0.3) is 0 Å². The molecule has 4 heteroatoms. The minimum absolute atomic E-state index is 0.508. The molecule has 3 rings (SSSR count). The Morgan fingerprint density at radius 1 is 1.32 bits per heavy atom. The zero-order valence-electron chi connectivity index (χ0n) is 12.1. The highest BCUT2D eigenvalue weighted by atomic mass is 15.1. The summed E-state index contributed by atoms with van der Waals surface area (Å²) in [6, 6.07) is 0.508. The number of nitrogens with one attached hydrogen (secondary N) is 2. The molecule has 0 spiro atoms. The molecule has 0 saturated heterocycles. The molecule has 4 nitrogen and oxygen atoms in total. The molecule has 2 aliphatic carbocycles. The van der Waals surface area contributed by atoms with Crippen molar-refractivity contribution in [1.29, 1.82) is 0 Å². The van der Waals surface area contributed by atoms with Crippen LogP contribution in [-0.4, -0.2) is 23.1 Å². The number of aromatic nitrogens is 2. The number of anilines is 2. The quantitative estimate of drug-likeness (QED) is 0.873. The zero-order valence-corrected chi connectivity index (χ0v) is 12.1. The second kappa shape index (κ2) is 4.99. The van der Waals surface area contributed by atoms with Crippen molar-refractivity contribution >= 4 is 11.8 Å². The van der Waals surface area contributed by atoms with E-state index < -0.39 is 0 Å². The Morgan fingerprint density at radius 2 is 2.16 bits per heavy atom. The summed E-state index contributed by atoms with van der Waals surface area (Å²) in [5.74, 6) is 4.44. The first-order valence-corrected chi connectivity index (χ1v) is 7.45. The molecule has 1 aromatic heterocycles. The molecule has 104 valence electrons. The van der Waals surface area contributed by atoms with Crippen LogP contribution in [-0.2, 0) is 0 Å². The first-order chi connectivity index (χ1) is 9.17. The van der Waals surface area contributed by atoms with Gasteiger partial charge in [-0.1, -0.05) is 6.42 Å². The van der Waals surface area contributed by atoms with E-state index in [9.17, 15) is 0 Å². The van der Waals surface area contributed by atoms with Crippen molar-refractivity contribution in [1.82, 2.24) is 9.97 Å². The normalized spacial score (nSPS) is 30.4. The van der Waals surface area contributed by atoms with Crippen LogP contribution < -0.4 is 10.6 Å². The maximum atomic E-state index is 4.53. The van der Waals surface area contributed by atoms with Crippen LogP contribution in [0.2, 0.25) is 0 Å². The van der Waals surface area contributed by atoms with Crippen LogP contribution in [0.5, 0.6) is 0 Å². The minimum atomic E-state index is 0.508. The van der Waals surface area contributed by atoms with E-state index in [0.29, 0.717) is 12.0 Å². The summed E-state index contributed by atoms with van der Waals surface area (Å²) < 4.78 is 0. The molecule has 0 amide bonds. The molecule has 4 unspecified atom stereocenters. The van der Waals surface area contributed by atoms with Gasteiger partial charge < -0.3 is 10.6 Å². The standard InChI is InChI=1S/C15H24N4/c1-9-8-17-15(16-3)19-14(9)18-10(2)13-7-11-4-5-12(13)6-11/h8,10-13H,4-7H2,1-3H3,(H2,16,17,18,19). The van der Waals surface area contributed by atoms with Gasteiger partial charge in [0.25, 0.3) is 0 Å². The van der Waals surface area contributed by atoms with Crippen LogP contribution in [0.1, 0.15) is 38.2 Å². The largest absolute Gasteiger partial charge is 0.367 e. The number of aryl methyl sites for hydroxylation is 1. The second-order valence-electron chi connectivity index (χ2n) is 6.25. The molecule has 0 radical (unpaired) electrons. The molecule has 2 aliphatic rings. The van der Waals surface area contributed by atoms with Gasteiger partial charge in [-0.15, -0.1) is 0 Å². The number of hydrogen-bond acceptors (Lipinski definition) is 4. The van der Waals surface area contributed by atoms with Crippen LogP contribution in [0, 0.1) is 24.7 Å². The van der Waals surface area contributed by atoms with Crippen molar-refractivity contribution in [3.8, 4) is 0 Å². The molecule has 1 heterocycles. The van der Waals surface area contributed by atoms with E-state index in [2.05, 4.69) is 34.4 Å². The van der Waals surface area contributed by atoms with Crippen molar-refractivity contribution in [2.45, 2.75) is 45.6 Å². The Balaban J connectivity index is 1.70. The minimum Gasteiger partial charge on any atom is -0.367 e. The van der Waals surface area contributed by atoms with Gasteiger partial charge in [-0.3, -0.25) is 0 Å². The number of rotatable bonds is 4. The zero-order chi connectivity index (χ0) is 13.4. The third-order valence-corrected chi connectivity index (χ3v) is 4.99. The van der Waals surface area contributed by atoms with Crippen LogP contribution in [0.3, 0.4) is 0 Å². The summed E-state index contributed by atoms with van der Waals surface area (Å²) in [6.07, 6.45) is 7.65. The molecule has 2 fully saturated rings. The van der Waals surface area contributed by atoms with E-state index in [1.807, 2.05) is 13.2 Å². The summed E-state index contributed by atoms with van der Waals surface area (Å²) >= 11 is 0.